The molecule has 3 N–H and O–H groups in total. The average Bonchev–Trinajstić information content (AvgIpc) is 1.63. The molecule has 0 aliphatic carbocycles. The van der Waals surface area contributed by atoms with Crippen molar-refractivity contribution >= 4 is 172 Å². The van der Waals surface area contributed by atoms with Crippen molar-refractivity contribution in [1.29, 1.82) is 0 Å². The minimum atomic E-state index is 0. The summed E-state index contributed by atoms with van der Waals surface area (Å²) in [6.07, 6.45) is 3.40. The average molecular weight is 1860 g/mol. The third-order valence-corrected chi connectivity index (χ3v) is 21.5. The predicted octanol–water partition coefficient (Wildman–Crippen LogP) is 28.5. The summed E-state index contributed by atoms with van der Waals surface area (Å²) in [4.78, 5) is 19.4. The van der Waals surface area contributed by atoms with E-state index in [9.17, 15) is 0 Å². The van der Waals surface area contributed by atoms with Gasteiger partial charge in [-0.05, 0) is 230 Å². The van der Waals surface area contributed by atoms with E-state index >= 15 is 0 Å². The molecule has 0 aliphatic heterocycles. The maximum Gasteiger partial charge on any atom is 0.268 e. The number of H-pyrrole nitrogens is 3. The van der Waals surface area contributed by atoms with E-state index in [1.165, 1.54) is 4.80 Å². The molecule has 0 radical (unpaired) electrons. The molecule has 0 saturated heterocycles. The number of nitrogens with one attached hydrogen (secondary N) is 3. The van der Waals surface area contributed by atoms with Gasteiger partial charge in [0, 0.05) is 140 Å². The summed E-state index contributed by atoms with van der Waals surface area (Å²) in [7, 11) is 0. The number of aromatic amines is 3. The van der Waals surface area contributed by atoms with Crippen LogP contribution in [0.3, 0.4) is 0 Å². The van der Waals surface area contributed by atoms with Crippen LogP contribution in [-0.4, -0.2) is 71.2 Å². The lowest BCUT2D eigenvalue weighted by Crippen LogP contribution is -2.09. The zero-order valence-corrected chi connectivity index (χ0v) is 71.4. The Kier molecular flexibility index (Phi) is 26.3. The Morgan fingerprint density at radius 2 is 0.423 bits per heavy atom. The lowest BCUT2D eigenvalue weighted by atomic mass is 9.97. The molecule has 5 aromatic heterocycles. The Hall–Kier alpha value is -14.7. The quantitative estimate of drug-likeness (QED) is 0.0779. The van der Waals surface area contributed by atoms with E-state index in [2.05, 4.69) is 451 Å². The van der Waals surface area contributed by atoms with Crippen molar-refractivity contribution in [3.8, 4) is 50.5 Å². The Labute approximate surface area is 743 Å². The smallest absolute Gasteiger partial charge is 0.268 e. The van der Waals surface area contributed by atoms with Crippen LogP contribution < -0.4 is 19.6 Å². The molecule has 0 amide bonds. The van der Waals surface area contributed by atoms with Crippen LogP contribution in [-0.2, 0) is 0 Å². The summed E-state index contributed by atoms with van der Waals surface area (Å²) in [5, 5.41) is 42.9. The lowest BCUT2D eigenvalue weighted by molar-refractivity contribution is 0.714. The number of nitrogens with zero attached hydrogens (tertiary/aromatic N) is 15. The summed E-state index contributed by atoms with van der Waals surface area (Å²) in [5.41, 5.74) is 28.0. The van der Waals surface area contributed by atoms with Gasteiger partial charge in [0.1, 0.15) is 44.1 Å². The van der Waals surface area contributed by atoms with E-state index in [0.29, 0.717) is 5.95 Å². The molecule has 5 heterocycles. The van der Waals surface area contributed by atoms with Crippen LogP contribution in [0.15, 0.2) is 428 Å². The summed E-state index contributed by atoms with van der Waals surface area (Å²) >= 11 is 12.2. The van der Waals surface area contributed by atoms with Gasteiger partial charge in [-0.3, -0.25) is 0 Å². The number of benzene rings is 16. The van der Waals surface area contributed by atoms with Crippen molar-refractivity contribution in [2.45, 2.75) is 7.43 Å². The van der Waals surface area contributed by atoms with Crippen molar-refractivity contribution < 1.29 is 0 Å². The second-order valence-corrected chi connectivity index (χ2v) is 29.4. The van der Waals surface area contributed by atoms with E-state index < -0.39 is 0 Å². The number of halogens is 4. The topological polar surface area (TPSA) is 194 Å². The number of fused-ring (bicyclic) bond motifs is 4. The van der Waals surface area contributed by atoms with Gasteiger partial charge in [0.05, 0.1) is 0 Å². The number of hydrogen-bond donors (Lipinski definition) is 3. The van der Waals surface area contributed by atoms with Gasteiger partial charge >= 0.3 is 0 Å². The van der Waals surface area contributed by atoms with Gasteiger partial charge in [0.25, 0.3) is 5.95 Å². The van der Waals surface area contributed by atoms with Gasteiger partial charge in [0.15, 0.2) is 0 Å². The molecule has 0 fully saturated rings. The Morgan fingerprint density at radius 3 is 0.675 bits per heavy atom. The zero-order chi connectivity index (χ0) is 82.8. The second kappa shape index (κ2) is 39.5. The summed E-state index contributed by atoms with van der Waals surface area (Å²) in [5.74, 6) is 0.411. The number of rotatable bonds is 17. The monoisotopic (exact) mass is 1860 g/mol. The highest BCUT2D eigenvalue weighted by atomic mass is 80.9. The van der Waals surface area contributed by atoms with Crippen LogP contribution >= 0.6 is 60.1 Å². The third-order valence-electron chi connectivity index (χ3n) is 20.2. The molecule has 21 aromatic rings. The lowest BCUT2D eigenvalue weighted by Gasteiger charge is -2.25. The van der Waals surface area contributed by atoms with E-state index in [-0.39, 0.29) is 7.43 Å². The third kappa shape index (κ3) is 18.6. The van der Waals surface area contributed by atoms with Crippen LogP contribution in [0.5, 0.6) is 0 Å². The minimum Gasteiger partial charge on any atom is -0.311 e. The van der Waals surface area contributed by atoms with E-state index in [1.807, 2.05) is 84.9 Å². The molecule has 598 valence electrons. The molecule has 22 heteroatoms. The number of aromatic nitrogens is 14. The normalized spacial score (nSPS) is 10.7. The Morgan fingerprint density at radius 1 is 0.211 bits per heavy atom. The molecule has 0 atom stereocenters. The zero-order valence-electron chi connectivity index (χ0n) is 65.1. The van der Waals surface area contributed by atoms with Gasteiger partial charge in [0.2, 0.25) is 0 Å². The fourth-order valence-corrected chi connectivity index (χ4v) is 15.4. The van der Waals surface area contributed by atoms with E-state index in [0.717, 1.165) is 166 Å². The van der Waals surface area contributed by atoms with Gasteiger partial charge in [-0.15, -0.1) is 15.0 Å². The summed E-state index contributed by atoms with van der Waals surface area (Å²) < 4.78 is 1.90. The number of hydrogen-bond acceptors (Lipinski definition) is 14. The molecule has 16 aromatic carbocycles. The van der Waals surface area contributed by atoms with Crippen LogP contribution in [0.1, 0.15) is 7.43 Å². The van der Waals surface area contributed by atoms with Crippen molar-refractivity contribution in [2.24, 2.45) is 0 Å². The van der Waals surface area contributed by atoms with Crippen molar-refractivity contribution in [3.63, 3.8) is 0 Å². The molecule has 18 nitrogen and oxygen atoms in total. The number of para-hydroxylation sites is 10. The first kappa shape index (κ1) is 82.0. The number of anilines is 12. The van der Waals surface area contributed by atoms with Gasteiger partial charge in [-0.2, -0.15) is 46.2 Å². The standard InChI is InChI=1S/C46H33N7.C42H31N5.C6H3Br2N3.C6H5N3.CH4.Br2/c1-5-14-36(15-6-1)51(37-16-7-2-8-17-37)40-26-22-34(23-27-40)42-30-31-43(45-44(42)49-53(50-45)46-47-32-13-33-48-46)35-24-28-41(29-25-35)52(38-18-9-3-10-19-38)39-20-11-4-12-21-39;1-5-13-33(14-6-1)46(34-15-7-2-8-16-34)37-25-21-31(22-26-37)39-29-30-40(42-41(39)43-45-44-42)32-23-27-38(28-24-32)47(35-17-9-3-10-18-35)36-19-11-4-12-20-36;7-3-1-2-4(8)6-5(3)9-11-10-6;1-2-4-6-5(3-1)7-9-8-6;;1-2/h1-33H;1-30H,(H,43,44,45);1-2H,(H,9,10,11);1-4H,(H,7,8,9);1H4;. The highest BCUT2D eigenvalue weighted by molar-refractivity contribution is 9.93. The fraction of sp³-hybridized carbons (Fsp3) is 0.00990. The van der Waals surface area contributed by atoms with Crippen LogP contribution in [0.25, 0.3) is 94.6 Å². The van der Waals surface area contributed by atoms with Crippen molar-refractivity contribution in [2.75, 3.05) is 19.6 Å². The van der Waals surface area contributed by atoms with Gasteiger partial charge in [-0.1, -0.05) is 238 Å². The first-order valence-electron chi connectivity index (χ1n) is 39.0. The molecule has 0 unspecified atom stereocenters. The largest absolute Gasteiger partial charge is 0.311 e. The first-order valence-corrected chi connectivity index (χ1v) is 44.3. The van der Waals surface area contributed by atoms with Crippen molar-refractivity contribution in [3.05, 3.63) is 428 Å². The minimum absolute atomic E-state index is 0. The molecule has 0 aliphatic rings. The van der Waals surface area contributed by atoms with Crippen molar-refractivity contribution in [1.82, 2.24) is 71.2 Å². The molecular weight excluding hydrogens is 1780 g/mol. The molecule has 0 bridgehead atoms. The van der Waals surface area contributed by atoms with Crippen LogP contribution in [0, 0.1) is 0 Å². The first-order chi connectivity index (χ1) is 60.4. The Bertz CT molecular complexity index is 6370. The predicted molar refractivity (Wildman–Crippen MR) is 517 cm³/mol. The fourth-order valence-electron chi connectivity index (χ4n) is 14.6. The summed E-state index contributed by atoms with van der Waals surface area (Å²) in [6.45, 7) is 0. The van der Waals surface area contributed by atoms with Crippen LogP contribution in [0.4, 0.5) is 68.2 Å². The van der Waals surface area contributed by atoms with Crippen LogP contribution in [0.2, 0.25) is 0 Å². The molecule has 0 saturated carbocycles. The maximum atomic E-state index is 4.99. The van der Waals surface area contributed by atoms with Gasteiger partial charge in [-0.25, -0.2) is 9.97 Å². The van der Waals surface area contributed by atoms with Gasteiger partial charge < -0.3 is 19.6 Å². The summed E-state index contributed by atoms with van der Waals surface area (Å²) in [6, 6.07) is 140. The second-order valence-electron chi connectivity index (χ2n) is 27.7. The molecule has 123 heavy (non-hydrogen) atoms. The highest BCUT2D eigenvalue weighted by Gasteiger charge is 2.22. The SMILES string of the molecule is BrBr.Brc1ccc(Br)c2n[nH]nc12.C.c1ccc(N(c2ccccc2)c2ccc(-c3ccc(-c4ccc(N(c5ccccc5)c5ccccc5)cc4)c4n[nH]nc34)cc2)cc1.c1ccc(N(c2ccccc2)c2ccc(-c3ccc(-c4ccc(N(c5ccccc5)c5ccccc5)cc4)c4nn(-c5ncccn5)nc34)cc2)cc1.c1ccc2n[nH]nc2c1. The molecule has 0 spiro atoms. The maximum absolute atomic E-state index is 4.99. The molecule has 21 rings (SSSR count). The van der Waals surface area contributed by atoms with E-state index in [1.54, 1.807) is 18.5 Å². The Balaban J connectivity index is 0.000000145. The van der Waals surface area contributed by atoms with E-state index in [4.69, 9.17) is 10.2 Å². The molecular formula is C101H76Br4N18. The highest BCUT2D eigenvalue weighted by Crippen LogP contribution is 2.44.